The first-order valence-electron chi connectivity index (χ1n) is 9.71. The maximum absolute atomic E-state index is 12.8. The molecule has 2 atom stereocenters. The summed E-state index contributed by atoms with van der Waals surface area (Å²) >= 11 is 1.41. The van der Waals surface area contributed by atoms with Gasteiger partial charge in [-0.15, -0.1) is 11.8 Å². The Morgan fingerprint density at radius 3 is 2.87 bits per heavy atom. The molecule has 0 saturated heterocycles. The van der Waals surface area contributed by atoms with Crippen molar-refractivity contribution in [2.45, 2.75) is 68.6 Å². The monoisotopic (exact) mass is 443 g/mol. The van der Waals surface area contributed by atoms with E-state index < -0.39 is 18.9 Å². The van der Waals surface area contributed by atoms with E-state index in [4.69, 9.17) is 9.26 Å². The van der Waals surface area contributed by atoms with E-state index in [1.165, 1.54) is 11.8 Å². The Labute approximate surface area is 176 Å². The van der Waals surface area contributed by atoms with Gasteiger partial charge >= 0.3 is 6.18 Å². The van der Waals surface area contributed by atoms with E-state index in [9.17, 15) is 18.0 Å². The van der Waals surface area contributed by atoms with Gasteiger partial charge in [0.25, 0.3) is 5.91 Å². The minimum atomic E-state index is -4.35. The fourth-order valence-electron chi connectivity index (χ4n) is 3.43. The van der Waals surface area contributed by atoms with Crippen molar-refractivity contribution in [3.05, 3.63) is 40.9 Å². The maximum atomic E-state index is 12.8. The SMILES string of the molecule is Cc1noc(C)c1CSc1ncccc1C(=O)N[C@@H]1CCC[C@@H](OCC(F)(F)F)C1. The van der Waals surface area contributed by atoms with E-state index in [1.54, 1.807) is 18.3 Å². The highest BCUT2D eigenvalue weighted by atomic mass is 32.2. The van der Waals surface area contributed by atoms with Crippen LogP contribution in [-0.2, 0) is 10.5 Å². The van der Waals surface area contributed by atoms with Gasteiger partial charge in [0.15, 0.2) is 0 Å². The number of halogens is 3. The minimum Gasteiger partial charge on any atom is -0.369 e. The van der Waals surface area contributed by atoms with Crippen molar-refractivity contribution in [3.8, 4) is 0 Å². The Hall–Kier alpha value is -2.07. The summed E-state index contributed by atoms with van der Waals surface area (Å²) in [6, 6.07) is 3.15. The number of nitrogens with zero attached hydrogens (tertiary/aromatic N) is 2. The highest BCUT2D eigenvalue weighted by Gasteiger charge is 2.31. The van der Waals surface area contributed by atoms with Crippen LogP contribution in [0.2, 0.25) is 0 Å². The molecule has 10 heteroatoms. The third-order valence-corrected chi connectivity index (χ3v) is 6.03. The molecule has 6 nitrogen and oxygen atoms in total. The van der Waals surface area contributed by atoms with Crippen molar-refractivity contribution in [3.63, 3.8) is 0 Å². The third kappa shape index (κ3) is 6.21. The van der Waals surface area contributed by atoms with E-state index in [-0.39, 0.29) is 11.9 Å². The number of rotatable bonds is 7. The Morgan fingerprint density at radius 2 is 2.17 bits per heavy atom. The standard InChI is InChI=1S/C20H24F3N3O3S/c1-12-17(13(2)29-26-12)10-30-19-16(7-4-8-24-19)18(27)25-14-5-3-6-15(9-14)28-11-20(21,22)23/h4,7-8,14-15H,3,5-6,9-11H2,1-2H3,(H,25,27)/t14-,15-/m1/s1. The average Bonchev–Trinajstić information content (AvgIpc) is 3.02. The number of amides is 1. The Balaban J connectivity index is 1.60. The summed E-state index contributed by atoms with van der Waals surface area (Å²) in [4.78, 5) is 17.2. The molecule has 1 N–H and O–H groups in total. The van der Waals surface area contributed by atoms with Crippen LogP contribution in [-0.4, -0.2) is 41.0 Å². The van der Waals surface area contributed by atoms with Gasteiger partial charge in [-0.25, -0.2) is 4.98 Å². The van der Waals surface area contributed by atoms with Gasteiger partial charge in [0, 0.05) is 23.6 Å². The Morgan fingerprint density at radius 1 is 1.37 bits per heavy atom. The van der Waals surface area contributed by atoms with E-state index >= 15 is 0 Å². The highest BCUT2D eigenvalue weighted by molar-refractivity contribution is 7.98. The molecule has 1 aliphatic rings. The number of carbonyl (C=O) groups is 1. The van der Waals surface area contributed by atoms with Gasteiger partial charge < -0.3 is 14.6 Å². The van der Waals surface area contributed by atoms with Crippen molar-refractivity contribution < 1.29 is 27.2 Å². The Kier molecular flexibility index (Phi) is 7.41. The summed E-state index contributed by atoms with van der Waals surface area (Å²) < 4.78 is 47.3. The number of hydrogen-bond donors (Lipinski definition) is 1. The molecule has 0 aliphatic heterocycles. The number of hydrogen-bond acceptors (Lipinski definition) is 6. The first-order chi connectivity index (χ1) is 14.2. The lowest BCUT2D eigenvalue weighted by Crippen LogP contribution is -2.41. The largest absolute Gasteiger partial charge is 0.411 e. The van der Waals surface area contributed by atoms with Crippen molar-refractivity contribution >= 4 is 17.7 Å². The molecule has 164 valence electrons. The molecular formula is C20H24F3N3O3S. The molecule has 0 bridgehead atoms. The van der Waals surface area contributed by atoms with Gasteiger partial charge in [-0.1, -0.05) is 5.16 Å². The quantitative estimate of drug-likeness (QED) is 0.631. The zero-order chi connectivity index (χ0) is 21.7. The third-order valence-electron chi connectivity index (χ3n) is 4.99. The average molecular weight is 443 g/mol. The maximum Gasteiger partial charge on any atom is 0.411 e. The first-order valence-corrected chi connectivity index (χ1v) is 10.7. The Bertz CT molecular complexity index is 853. The van der Waals surface area contributed by atoms with E-state index in [0.29, 0.717) is 42.0 Å². The van der Waals surface area contributed by atoms with Crippen LogP contribution >= 0.6 is 11.8 Å². The summed E-state index contributed by atoms with van der Waals surface area (Å²) in [5.41, 5.74) is 2.20. The zero-order valence-electron chi connectivity index (χ0n) is 16.8. The molecule has 0 aromatic carbocycles. The number of aryl methyl sites for hydroxylation is 2. The first kappa shape index (κ1) is 22.6. The molecule has 1 amide bonds. The molecule has 1 fully saturated rings. The van der Waals surface area contributed by atoms with E-state index in [0.717, 1.165) is 17.0 Å². The van der Waals surface area contributed by atoms with Gasteiger partial charge in [-0.3, -0.25) is 4.79 Å². The van der Waals surface area contributed by atoms with Crippen LogP contribution in [0.4, 0.5) is 13.2 Å². The lowest BCUT2D eigenvalue weighted by Gasteiger charge is -2.30. The fourth-order valence-corrected chi connectivity index (χ4v) is 4.57. The summed E-state index contributed by atoms with van der Waals surface area (Å²) in [7, 11) is 0. The summed E-state index contributed by atoms with van der Waals surface area (Å²) in [6.07, 6.45) is -0.897. The number of ether oxygens (including phenoxy) is 1. The second-order valence-corrected chi connectivity index (χ2v) is 8.30. The molecule has 2 heterocycles. The van der Waals surface area contributed by atoms with E-state index in [1.807, 2.05) is 13.8 Å². The molecule has 2 aromatic heterocycles. The highest BCUT2D eigenvalue weighted by Crippen LogP contribution is 2.28. The normalized spacial score (nSPS) is 19.6. The predicted molar refractivity (Wildman–Crippen MR) is 105 cm³/mol. The van der Waals surface area contributed by atoms with Gasteiger partial charge in [0.2, 0.25) is 0 Å². The molecule has 30 heavy (non-hydrogen) atoms. The summed E-state index contributed by atoms with van der Waals surface area (Å²) in [5, 5.41) is 7.44. The zero-order valence-corrected chi connectivity index (χ0v) is 17.6. The van der Waals surface area contributed by atoms with Crippen LogP contribution < -0.4 is 5.32 Å². The lowest BCUT2D eigenvalue weighted by atomic mass is 9.92. The lowest BCUT2D eigenvalue weighted by molar-refractivity contribution is -0.188. The molecule has 0 spiro atoms. The number of thioether (sulfide) groups is 1. The summed E-state index contributed by atoms with van der Waals surface area (Å²) in [5.74, 6) is 1.01. The molecule has 1 aliphatic carbocycles. The fraction of sp³-hybridized carbons (Fsp3) is 0.550. The number of aromatic nitrogens is 2. The van der Waals surface area contributed by atoms with Crippen molar-refractivity contribution in [2.24, 2.45) is 0 Å². The predicted octanol–water partition coefficient (Wildman–Crippen LogP) is 4.60. The van der Waals surface area contributed by atoms with Crippen molar-refractivity contribution in [2.75, 3.05) is 6.61 Å². The van der Waals surface area contributed by atoms with Crippen LogP contribution in [0.3, 0.4) is 0 Å². The van der Waals surface area contributed by atoms with Gasteiger partial charge in [-0.05, 0) is 51.7 Å². The number of alkyl halides is 3. The number of carbonyl (C=O) groups excluding carboxylic acids is 1. The second kappa shape index (κ2) is 9.82. The molecule has 0 radical (unpaired) electrons. The molecule has 2 aromatic rings. The van der Waals surface area contributed by atoms with Crippen LogP contribution in [0.15, 0.2) is 27.9 Å². The molecule has 0 unspecified atom stereocenters. The van der Waals surface area contributed by atoms with Crippen LogP contribution in [0.25, 0.3) is 0 Å². The molecular weight excluding hydrogens is 419 g/mol. The van der Waals surface area contributed by atoms with Crippen molar-refractivity contribution in [1.82, 2.24) is 15.5 Å². The van der Waals surface area contributed by atoms with Gasteiger partial charge in [0.05, 0.1) is 17.4 Å². The van der Waals surface area contributed by atoms with Crippen LogP contribution in [0, 0.1) is 13.8 Å². The number of nitrogens with one attached hydrogen (secondary N) is 1. The second-order valence-electron chi connectivity index (χ2n) is 7.33. The minimum absolute atomic E-state index is 0.231. The van der Waals surface area contributed by atoms with Crippen LogP contribution in [0.1, 0.15) is 53.1 Å². The molecule has 1 saturated carbocycles. The number of pyridine rings is 1. The molecule has 3 rings (SSSR count). The van der Waals surface area contributed by atoms with E-state index in [2.05, 4.69) is 15.5 Å². The van der Waals surface area contributed by atoms with Crippen LogP contribution in [0.5, 0.6) is 0 Å². The summed E-state index contributed by atoms with van der Waals surface area (Å²) in [6.45, 7) is 2.44. The van der Waals surface area contributed by atoms with Gasteiger partial charge in [0.1, 0.15) is 17.4 Å². The topological polar surface area (TPSA) is 77.2 Å². The van der Waals surface area contributed by atoms with Crippen molar-refractivity contribution in [1.29, 1.82) is 0 Å². The smallest absolute Gasteiger partial charge is 0.369 e. The van der Waals surface area contributed by atoms with Gasteiger partial charge in [-0.2, -0.15) is 13.2 Å².